The average Bonchev–Trinajstić information content (AvgIpc) is 2.78. The first kappa shape index (κ1) is 30.0. The molecule has 0 aromatic rings. The van der Waals surface area contributed by atoms with Gasteiger partial charge in [-0.05, 0) is 38.5 Å². The van der Waals surface area contributed by atoms with E-state index in [1.807, 2.05) is 0 Å². The van der Waals surface area contributed by atoms with Crippen molar-refractivity contribution in [3.05, 3.63) is 11.6 Å². The van der Waals surface area contributed by atoms with Crippen LogP contribution in [0.2, 0.25) is 0 Å². The lowest BCUT2D eigenvalue weighted by atomic mass is 9.80. The summed E-state index contributed by atoms with van der Waals surface area (Å²) in [5.41, 5.74) is 1.23. The molecule has 192 valence electrons. The molecule has 1 fully saturated rings. The molecule has 1 saturated carbocycles. The highest BCUT2D eigenvalue weighted by atomic mass is 32.2. The van der Waals surface area contributed by atoms with Crippen molar-refractivity contribution >= 4 is 23.7 Å². The average molecular weight is 485 g/mol. The molecule has 0 radical (unpaired) electrons. The molecule has 0 saturated heterocycles. The standard InChI is InChI=1S/C27H48O5S/c1-3-5-6-7-8-9-10-11-12-13-14-15-16-22-17-18-23(21-24(28)29)26(31)27(22)33-20-19-25(30)32-4-2/h16,23,26-27,31H,3-15,17-21H2,1-2H3,(H,28,29). The van der Waals surface area contributed by atoms with E-state index in [-0.39, 0.29) is 23.6 Å². The van der Waals surface area contributed by atoms with Crippen LogP contribution in [0, 0.1) is 5.92 Å². The molecule has 1 aliphatic carbocycles. The zero-order valence-corrected chi connectivity index (χ0v) is 21.9. The van der Waals surface area contributed by atoms with Crippen LogP contribution >= 0.6 is 11.8 Å². The van der Waals surface area contributed by atoms with Crippen molar-refractivity contribution in [1.82, 2.24) is 0 Å². The van der Waals surface area contributed by atoms with Crippen LogP contribution in [0.5, 0.6) is 0 Å². The van der Waals surface area contributed by atoms with E-state index in [9.17, 15) is 19.8 Å². The molecule has 0 heterocycles. The Morgan fingerprint density at radius 1 is 1.00 bits per heavy atom. The molecule has 0 bridgehead atoms. The van der Waals surface area contributed by atoms with E-state index in [1.165, 1.54) is 69.8 Å². The number of thioether (sulfide) groups is 1. The lowest BCUT2D eigenvalue weighted by Crippen LogP contribution is -2.38. The summed E-state index contributed by atoms with van der Waals surface area (Å²) in [7, 11) is 0. The van der Waals surface area contributed by atoms with Crippen LogP contribution in [-0.4, -0.2) is 45.9 Å². The monoisotopic (exact) mass is 484 g/mol. The van der Waals surface area contributed by atoms with Gasteiger partial charge in [-0.25, -0.2) is 0 Å². The minimum absolute atomic E-state index is 0.00197. The third-order valence-electron chi connectivity index (χ3n) is 6.52. The molecule has 3 unspecified atom stereocenters. The van der Waals surface area contributed by atoms with E-state index in [2.05, 4.69) is 13.0 Å². The number of aliphatic hydroxyl groups is 1. The Hall–Kier alpha value is -1.01. The fourth-order valence-electron chi connectivity index (χ4n) is 4.60. The maximum atomic E-state index is 11.7. The van der Waals surface area contributed by atoms with Gasteiger partial charge < -0.3 is 14.9 Å². The minimum Gasteiger partial charge on any atom is -0.481 e. The largest absolute Gasteiger partial charge is 0.481 e. The first-order chi connectivity index (χ1) is 16.0. The van der Waals surface area contributed by atoms with Crippen LogP contribution in [-0.2, 0) is 14.3 Å². The highest BCUT2D eigenvalue weighted by molar-refractivity contribution is 8.00. The molecule has 0 spiro atoms. The molecule has 2 N–H and O–H groups in total. The fourth-order valence-corrected chi connectivity index (χ4v) is 5.99. The summed E-state index contributed by atoms with van der Waals surface area (Å²) in [6.45, 7) is 4.43. The number of hydrogen-bond acceptors (Lipinski definition) is 5. The number of hydrogen-bond donors (Lipinski definition) is 2. The van der Waals surface area contributed by atoms with Gasteiger partial charge in [0, 0.05) is 5.75 Å². The van der Waals surface area contributed by atoms with Crippen molar-refractivity contribution in [2.75, 3.05) is 12.4 Å². The van der Waals surface area contributed by atoms with Gasteiger partial charge in [-0.15, -0.1) is 0 Å². The Labute approximate surface area is 206 Å². The van der Waals surface area contributed by atoms with Crippen LogP contribution < -0.4 is 0 Å². The molecule has 6 heteroatoms. The summed E-state index contributed by atoms with van der Waals surface area (Å²) >= 11 is 1.57. The summed E-state index contributed by atoms with van der Waals surface area (Å²) in [4.78, 5) is 22.8. The Morgan fingerprint density at radius 2 is 1.61 bits per heavy atom. The topological polar surface area (TPSA) is 83.8 Å². The lowest BCUT2D eigenvalue weighted by molar-refractivity contribution is -0.142. The number of aliphatic hydroxyl groups excluding tert-OH is 1. The third kappa shape index (κ3) is 14.1. The van der Waals surface area contributed by atoms with Gasteiger partial charge in [0.25, 0.3) is 0 Å². The number of carboxylic acids is 1. The molecule has 5 nitrogen and oxygen atoms in total. The first-order valence-electron chi connectivity index (χ1n) is 13.4. The van der Waals surface area contributed by atoms with E-state index < -0.39 is 12.1 Å². The zero-order valence-electron chi connectivity index (χ0n) is 21.1. The van der Waals surface area contributed by atoms with Crippen LogP contribution in [0.3, 0.4) is 0 Å². The van der Waals surface area contributed by atoms with Crippen molar-refractivity contribution in [2.24, 2.45) is 5.92 Å². The van der Waals surface area contributed by atoms with E-state index in [0.717, 1.165) is 19.3 Å². The Kier molecular flexibility index (Phi) is 17.6. The van der Waals surface area contributed by atoms with Gasteiger partial charge in [-0.1, -0.05) is 82.8 Å². The summed E-state index contributed by atoms with van der Waals surface area (Å²) in [6, 6.07) is 0. The van der Waals surface area contributed by atoms with Crippen molar-refractivity contribution < 1.29 is 24.5 Å². The van der Waals surface area contributed by atoms with Gasteiger partial charge >= 0.3 is 11.9 Å². The molecule has 0 amide bonds. The van der Waals surface area contributed by atoms with Crippen molar-refractivity contribution in [1.29, 1.82) is 0 Å². The number of ether oxygens (including phenoxy) is 1. The van der Waals surface area contributed by atoms with Gasteiger partial charge in [0.15, 0.2) is 0 Å². The van der Waals surface area contributed by atoms with E-state index >= 15 is 0 Å². The maximum Gasteiger partial charge on any atom is 0.306 e. The van der Waals surface area contributed by atoms with Crippen LogP contribution in [0.1, 0.15) is 117 Å². The smallest absolute Gasteiger partial charge is 0.306 e. The van der Waals surface area contributed by atoms with Crippen molar-refractivity contribution in [2.45, 2.75) is 128 Å². The summed E-state index contributed by atoms with van der Waals surface area (Å²) < 4.78 is 5.00. The molecule has 1 aliphatic rings. The summed E-state index contributed by atoms with van der Waals surface area (Å²) in [5.74, 6) is -0.718. The summed E-state index contributed by atoms with van der Waals surface area (Å²) in [6.07, 6.45) is 19.1. The Morgan fingerprint density at radius 3 is 2.18 bits per heavy atom. The minimum atomic E-state index is -0.859. The predicted octanol–water partition coefficient (Wildman–Crippen LogP) is 6.91. The lowest BCUT2D eigenvalue weighted by Gasteiger charge is -2.36. The van der Waals surface area contributed by atoms with Crippen LogP contribution in [0.25, 0.3) is 0 Å². The number of aliphatic carboxylic acids is 1. The number of rotatable bonds is 19. The normalized spacial score (nSPS) is 21.9. The highest BCUT2D eigenvalue weighted by Crippen LogP contribution is 2.38. The second-order valence-electron chi connectivity index (χ2n) is 9.34. The van der Waals surface area contributed by atoms with Gasteiger partial charge in [-0.2, -0.15) is 11.8 Å². The number of carbonyl (C=O) groups is 2. The van der Waals surface area contributed by atoms with Gasteiger partial charge in [0.2, 0.25) is 0 Å². The maximum absolute atomic E-state index is 11.7. The molecule has 0 aromatic carbocycles. The molecule has 3 atom stereocenters. The molecule has 0 aromatic heterocycles. The quantitative estimate of drug-likeness (QED) is 0.118. The first-order valence-corrected chi connectivity index (χ1v) is 14.4. The third-order valence-corrected chi connectivity index (χ3v) is 7.90. The van der Waals surface area contributed by atoms with E-state index in [0.29, 0.717) is 25.2 Å². The van der Waals surface area contributed by atoms with E-state index in [1.54, 1.807) is 18.7 Å². The number of carbonyl (C=O) groups excluding carboxylic acids is 1. The highest BCUT2D eigenvalue weighted by Gasteiger charge is 2.36. The molecule has 0 aliphatic heterocycles. The van der Waals surface area contributed by atoms with Gasteiger partial charge in [0.1, 0.15) is 0 Å². The zero-order chi connectivity index (χ0) is 24.3. The van der Waals surface area contributed by atoms with E-state index in [4.69, 9.17) is 4.74 Å². The second kappa shape index (κ2) is 19.3. The molecule has 33 heavy (non-hydrogen) atoms. The number of allylic oxidation sites excluding steroid dienone is 1. The SMILES string of the molecule is CCCCCCCCCCCCCC=C1CCC(CC(=O)O)C(O)C1SCCC(=O)OCC. The number of carboxylic acid groups (broad SMARTS) is 1. The number of esters is 1. The summed E-state index contributed by atoms with van der Waals surface area (Å²) in [5, 5.41) is 19.9. The van der Waals surface area contributed by atoms with Crippen molar-refractivity contribution in [3.63, 3.8) is 0 Å². The van der Waals surface area contributed by atoms with Crippen LogP contribution in [0.15, 0.2) is 11.6 Å². The predicted molar refractivity (Wildman–Crippen MR) is 138 cm³/mol. The fraction of sp³-hybridized carbons (Fsp3) is 0.852. The van der Waals surface area contributed by atoms with Gasteiger partial charge in [0.05, 0.1) is 30.8 Å². The number of unbranched alkanes of at least 4 members (excludes halogenated alkanes) is 11. The Bertz CT molecular complexity index is 563. The molecule has 1 rings (SSSR count). The molecular formula is C27H48O5S. The molecular weight excluding hydrogens is 436 g/mol. The van der Waals surface area contributed by atoms with Crippen LogP contribution in [0.4, 0.5) is 0 Å². The van der Waals surface area contributed by atoms with Crippen molar-refractivity contribution in [3.8, 4) is 0 Å². The van der Waals surface area contributed by atoms with Gasteiger partial charge in [-0.3, -0.25) is 9.59 Å². The second-order valence-corrected chi connectivity index (χ2v) is 10.6. The Balaban J connectivity index is 2.37.